The van der Waals surface area contributed by atoms with Gasteiger partial charge in [0.1, 0.15) is 5.75 Å². The molecule has 21 heavy (non-hydrogen) atoms. The molecule has 0 bridgehead atoms. The maximum Gasteiger partial charge on any atom is 0.261 e. The molecule has 5 nitrogen and oxygen atoms in total. The molecular formula is C15H18N2O3S. The topological polar surface area (TPSA) is 81.4 Å². The van der Waals surface area contributed by atoms with Gasteiger partial charge in [0.2, 0.25) is 0 Å². The summed E-state index contributed by atoms with van der Waals surface area (Å²) in [6.07, 6.45) is 0. The van der Waals surface area contributed by atoms with Gasteiger partial charge >= 0.3 is 0 Å². The lowest BCUT2D eigenvalue weighted by atomic mass is 10.2. The normalized spacial score (nSPS) is 11.1. The molecule has 0 radical (unpaired) electrons. The highest BCUT2D eigenvalue weighted by Gasteiger charge is 2.14. The molecule has 0 atom stereocenters. The fourth-order valence-corrected chi connectivity index (χ4v) is 2.96. The van der Waals surface area contributed by atoms with Crippen LogP contribution in [0.25, 0.3) is 0 Å². The molecular weight excluding hydrogens is 288 g/mol. The smallest absolute Gasteiger partial charge is 0.261 e. The maximum absolute atomic E-state index is 12.3. The van der Waals surface area contributed by atoms with Crippen molar-refractivity contribution in [1.82, 2.24) is 0 Å². The van der Waals surface area contributed by atoms with Crippen molar-refractivity contribution in [3.05, 3.63) is 48.0 Å². The molecule has 0 aliphatic rings. The monoisotopic (exact) mass is 306 g/mol. The Morgan fingerprint density at radius 2 is 1.81 bits per heavy atom. The first-order valence-corrected chi connectivity index (χ1v) is 8.02. The zero-order valence-electron chi connectivity index (χ0n) is 12.0. The lowest BCUT2D eigenvalue weighted by molar-refractivity contribution is 0.340. The molecule has 0 aromatic heterocycles. The molecule has 0 spiro atoms. The van der Waals surface area contributed by atoms with Gasteiger partial charge in [0, 0.05) is 11.4 Å². The van der Waals surface area contributed by atoms with E-state index in [-0.39, 0.29) is 4.90 Å². The Kier molecular flexibility index (Phi) is 4.37. The molecule has 3 N–H and O–H groups in total. The van der Waals surface area contributed by atoms with Gasteiger partial charge in [0.05, 0.1) is 11.5 Å². The van der Waals surface area contributed by atoms with E-state index >= 15 is 0 Å². The highest BCUT2D eigenvalue weighted by molar-refractivity contribution is 7.92. The van der Waals surface area contributed by atoms with Crippen LogP contribution in [-0.4, -0.2) is 15.0 Å². The quantitative estimate of drug-likeness (QED) is 0.832. The van der Waals surface area contributed by atoms with E-state index in [0.717, 1.165) is 5.56 Å². The first kappa shape index (κ1) is 15.2. The summed E-state index contributed by atoms with van der Waals surface area (Å²) >= 11 is 0. The minimum absolute atomic E-state index is 0.183. The Morgan fingerprint density at radius 1 is 1.14 bits per heavy atom. The lowest BCUT2D eigenvalue weighted by Crippen LogP contribution is -2.13. The Bertz CT molecular complexity index is 725. The van der Waals surface area contributed by atoms with Crippen molar-refractivity contribution < 1.29 is 13.2 Å². The minimum atomic E-state index is -3.62. The second-order valence-corrected chi connectivity index (χ2v) is 6.26. The molecule has 0 amide bonds. The third kappa shape index (κ3) is 3.66. The molecule has 0 heterocycles. The number of sulfonamides is 1. The first-order chi connectivity index (χ1) is 9.92. The van der Waals surface area contributed by atoms with E-state index in [1.807, 2.05) is 6.92 Å². The van der Waals surface area contributed by atoms with E-state index in [4.69, 9.17) is 10.5 Å². The fourth-order valence-electron chi connectivity index (χ4n) is 1.82. The Morgan fingerprint density at radius 3 is 2.38 bits per heavy atom. The van der Waals surface area contributed by atoms with Crippen LogP contribution in [0.4, 0.5) is 11.4 Å². The summed E-state index contributed by atoms with van der Waals surface area (Å²) in [6.45, 7) is 4.22. The Balaban J connectivity index is 2.22. The van der Waals surface area contributed by atoms with Crippen LogP contribution in [-0.2, 0) is 10.0 Å². The number of hydrogen-bond donors (Lipinski definition) is 2. The molecule has 0 saturated heterocycles. The Hall–Kier alpha value is -2.21. The van der Waals surface area contributed by atoms with Crippen molar-refractivity contribution >= 4 is 21.4 Å². The average Bonchev–Trinajstić information content (AvgIpc) is 2.44. The lowest BCUT2D eigenvalue weighted by Gasteiger charge is -2.10. The van der Waals surface area contributed by atoms with Crippen molar-refractivity contribution in [2.75, 3.05) is 17.1 Å². The summed E-state index contributed by atoms with van der Waals surface area (Å²) in [6, 6.07) is 11.4. The molecule has 2 aromatic rings. The van der Waals surface area contributed by atoms with Crippen LogP contribution >= 0.6 is 0 Å². The summed E-state index contributed by atoms with van der Waals surface area (Å²) in [4.78, 5) is 0.183. The number of hydrogen-bond acceptors (Lipinski definition) is 4. The van der Waals surface area contributed by atoms with Crippen LogP contribution in [0, 0.1) is 6.92 Å². The van der Waals surface area contributed by atoms with E-state index in [1.165, 1.54) is 6.07 Å². The highest BCUT2D eigenvalue weighted by atomic mass is 32.2. The van der Waals surface area contributed by atoms with Crippen LogP contribution in [0.2, 0.25) is 0 Å². The van der Waals surface area contributed by atoms with Crippen molar-refractivity contribution in [2.24, 2.45) is 0 Å². The van der Waals surface area contributed by atoms with Gasteiger partial charge in [-0.3, -0.25) is 4.72 Å². The van der Waals surface area contributed by atoms with Crippen molar-refractivity contribution in [3.63, 3.8) is 0 Å². The molecule has 112 valence electrons. The van der Waals surface area contributed by atoms with Crippen LogP contribution < -0.4 is 15.2 Å². The van der Waals surface area contributed by atoms with Crippen LogP contribution in [0.5, 0.6) is 5.75 Å². The number of anilines is 2. The maximum atomic E-state index is 12.3. The van der Waals surface area contributed by atoms with Gasteiger partial charge in [-0.2, -0.15) is 0 Å². The summed E-state index contributed by atoms with van der Waals surface area (Å²) in [7, 11) is -3.62. The number of nitrogens with one attached hydrogen (secondary N) is 1. The predicted octanol–water partition coefficient (Wildman–Crippen LogP) is 2.78. The third-order valence-electron chi connectivity index (χ3n) is 2.97. The number of benzene rings is 2. The molecule has 6 heteroatoms. The van der Waals surface area contributed by atoms with Gasteiger partial charge in [-0.05, 0) is 61.9 Å². The van der Waals surface area contributed by atoms with Gasteiger partial charge in [0.15, 0.2) is 0 Å². The Labute approximate surface area is 124 Å². The summed E-state index contributed by atoms with van der Waals surface area (Å²) < 4.78 is 32.4. The number of aryl methyl sites for hydroxylation is 1. The zero-order valence-corrected chi connectivity index (χ0v) is 12.8. The second-order valence-electron chi connectivity index (χ2n) is 4.58. The molecule has 2 rings (SSSR count). The molecule has 0 aliphatic carbocycles. The summed E-state index contributed by atoms with van der Waals surface area (Å²) in [5.74, 6) is 0.698. The number of ether oxygens (including phenoxy) is 1. The number of rotatable bonds is 5. The van der Waals surface area contributed by atoms with E-state index in [0.29, 0.717) is 23.7 Å². The number of nitrogens with two attached hydrogens (primary N) is 1. The average molecular weight is 306 g/mol. The largest absolute Gasteiger partial charge is 0.494 e. The van der Waals surface area contributed by atoms with E-state index in [2.05, 4.69) is 4.72 Å². The van der Waals surface area contributed by atoms with Gasteiger partial charge in [0.25, 0.3) is 10.0 Å². The van der Waals surface area contributed by atoms with Crippen molar-refractivity contribution in [3.8, 4) is 5.75 Å². The summed E-state index contributed by atoms with van der Waals surface area (Å²) in [5.41, 5.74) is 7.47. The second kappa shape index (κ2) is 6.05. The van der Waals surface area contributed by atoms with Gasteiger partial charge in [-0.1, -0.05) is 0 Å². The van der Waals surface area contributed by atoms with Gasteiger partial charge in [-0.15, -0.1) is 0 Å². The van der Waals surface area contributed by atoms with Crippen molar-refractivity contribution in [1.29, 1.82) is 0 Å². The fraction of sp³-hybridized carbons (Fsp3) is 0.200. The van der Waals surface area contributed by atoms with Crippen LogP contribution in [0.15, 0.2) is 47.4 Å². The molecule has 0 fully saturated rings. The van der Waals surface area contributed by atoms with E-state index in [9.17, 15) is 8.42 Å². The number of nitrogen functional groups attached to an aromatic ring is 1. The van der Waals surface area contributed by atoms with E-state index < -0.39 is 10.0 Å². The third-order valence-corrected chi connectivity index (χ3v) is 4.35. The van der Waals surface area contributed by atoms with Gasteiger partial charge < -0.3 is 10.5 Å². The molecule has 0 aliphatic heterocycles. The van der Waals surface area contributed by atoms with Crippen LogP contribution in [0.1, 0.15) is 12.5 Å². The zero-order chi connectivity index (χ0) is 15.5. The van der Waals surface area contributed by atoms with Crippen LogP contribution in [0.3, 0.4) is 0 Å². The summed E-state index contributed by atoms with van der Waals surface area (Å²) in [5, 5.41) is 0. The molecule has 0 saturated carbocycles. The predicted molar refractivity (Wildman–Crippen MR) is 84.0 cm³/mol. The van der Waals surface area contributed by atoms with Gasteiger partial charge in [-0.25, -0.2) is 8.42 Å². The minimum Gasteiger partial charge on any atom is -0.494 e. The molecule has 0 unspecified atom stereocenters. The van der Waals surface area contributed by atoms with E-state index in [1.54, 1.807) is 43.3 Å². The highest BCUT2D eigenvalue weighted by Crippen LogP contribution is 2.21. The first-order valence-electron chi connectivity index (χ1n) is 6.54. The standard InChI is InChI=1S/C15H18N2O3S/c1-3-20-13-6-4-12(5-7-13)17-21(18,19)14-8-9-15(16)11(2)10-14/h4-10,17H,3,16H2,1-2H3. The van der Waals surface area contributed by atoms with Crippen molar-refractivity contribution in [2.45, 2.75) is 18.7 Å². The SMILES string of the molecule is CCOc1ccc(NS(=O)(=O)c2ccc(N)c(C)c2)cc1. The molecule has 2 aromatic carbocycles.